The Morgan fingerprint density at radius 3 is 2.30 bits per heavy atom. The zero-order valence-electron chi connectivity index (χ0n) is 10.8. The molecule has 1 aromatic carbocycles. The summed E-state index contributed by atoms with van der Waals surface area (Å²) in [5, 5.41) is 0. The Morgan fingerprint density at radius 1 is 1.00 bits per heavy atom. The van der Waals surface area contributed by atoms with Crippen LogP contribution in [0.5, 0.6) is 23.3 Å². The summed E-state index contributed by atoms with van der Waals surface area (Å²) in [6, 6.07) is 6.90. The first-order valence-corrected chi connectivity index (χ1v) is 7.15. The Morgan fingerprint density at radius 2 is 1.65 bits per heavy atom. The van der Waals surface area contributed by atoms with E-state index in [0.717, 1.165) is 8.95 Å². The maximum absolute atomic E-state index is 5.84. The molecular weight excluding hydrogens is 392 g/mol. The topological polar surface area (TPSA) is 66.6 Å². The Bertz CT molecular complexity index is 635. The smallest absolute Gasteiger partial charge is 0.246 e. The van der Waals surface area contributed by atoms with E-state index in [1.54, 1.807) is 31.4 Å². The van der Waals surface area contributed by atoms with Gasteiger partial charge in [-0.3, -0.25) is 0 Å². The number of nitrogens with two attached hydrogens (primary N) is 1. The van der Waals surface area contributed by atoms with Gasteiger partial charge in [-0.15, -0.1) is 0 Å². The molecule has 0 unspecified atom stereocenters. The Hall–Kier alpha value is -1.47. The molecule has 7 heteroatoms. The molecular formula is C13H12Br2N2O3. The van der Waals surface area contributed by atoms with Gasteiger partial charge in [-0.25, -0.2) is 0 Å². The number of nitrogen functional groups attached to an aromatic ring is 1. The van der Waals surface area contributed by atoms with Crippen molar-refractivity contribution in [2.45, 2.75) is 0 Å². The lowest BCUT2D eigenvalue weighted by atomic mass is 10.3. The van der Waals surface area contributed by atoms with E-state index >= 15 is 0 Å². The summed E-state index contributed by atoms with van der Waals surface area (Å²) >= 11 is 6.81. The molecule has 0 atom stereocenters. The summed E-state index contributed by atoms with van der Waals surface area (Å²) in [5.74, 6) is 1.96. The third kappa shape index (κ3) is 3.16. The lowest BCUT2D eigenvalue weighted by Gasteiger charge is -2.12. The highest BCUT2D eigenvalue weighted by atomic mass is 79.9. The molecule has 1 heterocycles. The first-order chi connectivity index (χ1) is 9.55. The van der Waals surface area contributed by atoms with Crippen LogP contribution < -0.4 is 19.9 Å². The van der Waals surface area contributed by atoms with E-state index in [9.17, 15) is 0 Å². The van der Waals surface area contributed by atoms with Crippen LogP contribution in [0.25, 0.3) is 0 Å². The summed E-state index contributed by atoms with van der Waals surface area (Å²) in [7, 11) is 3.12. The van der Waals surface area contributed by atoms with E-state index < -0.39 is 0 Å². The Kier molecular flexibility index (Phi) is 4.72. The van der Waals surface area contributed by atoms with E-state index in [-0.39, 0.29) is 5.88 Å². The van der Waals surface area contributed by atoms with Crippen LogP contribution in [-0.4, -0.2) is 19.2 Å². The third-order valence-corrected chi connectivity index (χ3v) is 3.73. The first-order valence-electron chi connectivity index (χ1n) is 5.56. The van der Waals surface area contributed by atoms with Gasteiger partial charge in [-0.2, -0.15) is 4.98 Å². The SMILES string of the molecule is COc1ccc(N)c(Oc2cc(Br)c(OC)cc2Br)n1. The number of hydrogen-bond donors (Lipinski definition) is 1. The number of rotatable bonds is 4. The maximum atomic E-state index is 5.84. The van der Waals surface area contributed by atoms with Crippen molar-refractivity contribution in [3.63, 3.8) is 0 Å². The number of benzene rings is 1. The van der Waals surface area contributed by atoms with Gasteiger partial charge < -0.3 is 19.9 Å². The van der Waals surface area contributed by atoms with Crippen molar-refractivity contribution in [2.24, 2.45) is 0 Å². The standard InChI is InChI=1S/C13H12Br2N2O3/c1-18-10-5-8(15)11(6-7(10)14)20-13-9(16)3-4-12(17-13)19-2/h3-6H,16H2,1-2H3. The molecule has 0 aliphatic carbocycles. The van der Waals surface area contributed by atoms with Crippen LogP contribution in [0, 0.1) is 0 Å². The Labute approximate surface area is 133 Å². The molecule has 0 bridgehead atoms. The van der Waals surface area contributed by atoms with Crippen molar-refractivity contribution in [3.8, 4) is 23.3 Å². The van der Waals surface area contributed by atoms with E-state index in [1.807, 2.05) is 0 Å². The third-order valence-electron chi connectivity index (χ3n) is 2.49. The van der Waals surface area contributed by atoms with Crippen LogP contribution in [0.2, 0.25) is 0 Å². The van der Waals surface area contributed by atoms with Gasteiger partial charge in [0.1, 0.15) is 11.5 Å². The van der Waals surface area contributed by atoms with Crippen molar-refractivity contribution in [1.29, 1.82) is 0 Å². The normalized spacial score (nSPS) is 10.2. The van der Waals surface area contributed by atoms with Gasteiger partial charge in [0, 0.05) is 6.07 Å². The lowest BCUT2D eigenvalue weighted by Crippen LogP contribution is -1.98. The van der Waals surface area contributed by atoms with Gasteiger partial charge in [-0.1, -0.05) is 0 Å². The van der Waals surface area contributed by atoms with Crippen LogP contribution in [0.3, 0.4) is 0 Å². The van der Waals surface area contributed by atoms with Gasteiger partial charge in [0.15, 0.2) is 0 Å². The zero-order valence-corrected chi connectivity index (χ0v) is 14.0. The minimum Gasteiger partial charge on any atom is -0.496 e. The second kappa shape index (κ2) is 6.32. The van der Waals surface area contributed by atoms with Gasteiger partial charge in [-0.05, 0) is 50.1 Å². The minimum atomic E-state index is 0.280. The van der Waals surface area contributed by atoms with E-state index in [0.29, 0.717) is 23.1 Å². The molecule has 1 aromatic heterocycles. The summed E-state index contributed by atoms with van der Waals surface area (Å²) < 4.78 is 17.5. The average molecular weight is 404 g/mol. The van der Waals surface area contributed by atoms with Crippen LogP contribution in [0.15, 0.2) is 33.2 Å². The zero-order chi connectivity index (χ0) is 14.7. The maximum Gasteiger partial charge on any atom is 0.246 e. The molecule has 0 amide bonds. The lowest BCUT2D eigenvalue weighted by molar-refractivity contribution is 0.383. The molecule has 2 aromatic rings. The van der Waals surface area contributed by atoms with Gasteiger partial charge in [0.25, 0.3) is 0 Å². The highest BCUT2D eigenvalue weighted by Crippen LogP contribution is 2.39. The molecule has 0 saturated carbocycles. The first kappa shape index (κ1) is 14.9. The molecule has 0 aliphatic heterocycles. The number of nitrogens with zero attached hydrogens (tertiary/aromatic N) is 1. The fourth-order valence-corrected chi connectivity index (χ4v) is 2.37. The van der Waals surface area contributed by atoms with Crippen molar-refractivity contribution in [2.75, 3.05) is 20.0 Å². The molecule has 20 heavy (non-hydrogen) atoms. The Balaban J connectivity index is 2.37. The number of anilines is 1. The summed E-state index contributed by atoms with van der Waals surface area (Å²) in [6.07, 6.45) is 0. The monoisotopic (exact) mass is 402 g/mol. The second-order valence-electron chi connectivity index (χ2n) is 3.77. The van der Waals surface area contributed by atoms with E-state index in [2.05, 4.69) is 36.8 Å². The summed E-state index contributed by atoms with van der Waals surface area (Å²) in [5.41, 5.74) is 6.26. The predicted molar refractivity (Wildman–Crippen MR) is 83.7 cm³/mol. The molecule has 0 spiro atoms. The number of aromatic nitrogens is 1. The number of halogens is 2. The van der Waals surface area contributed by atoms with Gasteiger partial charge >= 0.3 is 0 Å². The van der Waals surface area contributed by atoms with Crippen molar-refractivity contribution >= 4 is 37.5 Å². The molecule has 2 rings (SSSR count). The number of methoxy groups -OCH3 is 2. The fourth-order valence-electron chi connectivity index (χ4n) is 1.48. The number of ether oxygens (including phenoxy) is 3. The molecule has 0 saturated heterocycles. The highest BCUT2D eigenvalue weighted by molar-refractivity contribution is 9.11. The van der Waals surface area contributed by atoms with Crippen molar-refractivity contribution < 1.29 is 14.2 Å². The van der Waals surface area contributed by atoms with Gasteiger partial charge in [0.05, 0.1) is 28.9 Å². The average Bonchev–Trinajstić information content (AvgIpc) is 2.44. The van der Waals surface area contributed by atoms with Crippen LogP contribution in [-0.2, 0) is 0 Å². The van der Waals surface area contributed by atoms with E-state index in [4.69, 9.17) is 19.9 Å². The second-order valence-corrected chi connectivity index (χ2v) is 5.48. The molecule has 0 radical (unpaired) electrons. The van der Waals surface area contributed by atoms with Crippen LogP contribution in [0.1, 0.15) is 0 Å². The molecule has 0 fully saturated rings. The van der Waals surface area contributed by atoms with Crippen LogP contribution in [0.4, 0.5) is 5.69 Å². The molecule has 5 nitrogen and oxygen atoms in total. The number of hydrogen-bond acceptors (Lipinski definition) is 5. The molecule has 0 aliphatic rings. The van der Waals surface area contributed by atoms with Crippen LogP contribution >= 0.6 is 31.9 Å². The number of pyridine rings is 1. The quantitative estimate of drug-likeness (QED) is 0.835. The highest BCUT2D eigenvalue weighted by Gasteiger charge is 2.12. The van der Waals surface area contributed by atoms with Crippen molar-refractivity contribution in [1.82, 2.24) is 4.98 Å². The summed E-state index contributed by atoms with van der Waals surface area (Å²) in [4.78, 5) is 4.16. The summed E-state index contributed by atoms with van der Waals surface area (Å²) in [6.45, 7) is 0. The fraction of sp³-hybridized carbons (Fsp3) is 0.154. The minimum absolute atomic E-state index is 0.280. The molecule has 2 N–H and O–H groups in total. The van der Waals surface area contributed by atoms with Crippen molar-refractivity contribution in [3.05, 3.63) is 33.2 Å². The predicted octanol–water partition coefficient (Wildman–Crippen LogP) is 4.00. The largest absolute Gasteiger partial charge is 0.496 e. The van der Waals surface area contributed by atoms with E-state index in [1.165, 1.54) is 7.11 Å². The molecule has 106 valence electrons. The van der Waals surface area contributed by atoms with Gasteiger partial charge in [0.2, 0.25) is 11.8 Å².